The quantitative estimate of drug-likeness (QED) is 0.0327. The van der Waals surface area contributed by atoms with Crippen molar-refractivity contribution in [1.29, 1.82) is 0 Å². The van der Waals surface area contributed by atoms with E-state index in [1.54, 1.807) is 66.5 Å². The number of likely N-dealkylation sites (tertiary alicyclic amines) is 1. The summed E-state index contributed by atoms with van der Waals surface area (Å²) in [5.74, 6) is -5.72. The Balaban J connectivity index is 1.67. The second-order valence-electron chi connectivity index (χ2n) is 24.3. The molecular weight excluding hydrogens is 1110 g/mol. The average Bonchev–Trinajstić information content (AvgIpc) is 1.55. The molecule has 0 radical (unpaired) electrons. The van der Waals surface area contributed by atoms with Crippen molar-refractivity contribution in [3.05, 3.63) is 108 Å². The molecule has 3 aromatic rings. The van der Waals surface area contributed by atoms with Crippen molar-refractivity contribution in [2.45, 2.75) is 181 Å². The molecule has 0 aromatic heterocycles. The van der Waals surface area contributed by atoms with Crippen molar-refractivity contribution in [2.24, 2.45) is 17.8 Å². The molecule has 0 saturated carbocycles. The Morgan fingerprint density at radius 3 is 1.59 bits per heavy atom. The van der Waals surface area contributed by atoms with Gasteiger partial charge in [0.25, 0.3) is 11.8 Å². The Morgan fingerprint density at radius 1 is 0.540 bits per heavy atom. The number of benzene rings is 3. The van der Waals surface area contributed by atoms with Crippen molar-refractivity contribution >= 4 is 59.2 Å². The monoisotopic (exact) mass is 1210 g/mol. The summed E-state index contributed by atoms with van der Waals surface area (Å²) >= 11 is 0. The van der Waals surface area contributed by atoms with Crippen LogP contribution in [0.4, 0.5) is 4.79 Å². The van der Waals surface area contributed by atoms with Gasteiger partial charge in [-0.15, -0.1) is 0 Å². The van der Waals surface area contributed by atoms with Crippen LogP contribution >= 0.6 is 0 Å². The van der Waals surface area contributed by atoms with E-state index in [9.17, 15) is 48.3 Å². The van der Waals surface area contributed by atoms with Crippen molar-refractivity contribution in [2.75, 3.05) is 41.3 Å². The minimum Gasteiger partial charge on any atom is -0.391 e. The molecule has 1 heterocycles. The molecule has 1 saturated heterocycles. The second-order valence-corrected chi connectivity index (χ2v) is 24.3. The highest BCUT2D eigenvalue weighted by atomic mass is 16.3. The summed E-state index contributed by atoms with van der Waals surface area (Å²) in [5, 5.41) is 29.5. The van der Waals surface area contributed by atoms with E-state index in [0.29, 0.717) is 56.3 Å². The molecule has 478 valence electrons. The van der Waals surface area contributed by atoms with Gasteiger partial charge in [0.2, 0.25) is 41.4 Å². The molecule has 3 aromatic carbocycles. The molecule has 9 atom stereocenters. The van der Waals surface area contributed by atoms with E-state index in [0.717, 1.165) is 21.8 Å². The minimum absolute atomic E-state index is 0.00536. The molecular formula is C65H97N11O11. The Hall–Kier alpha value is -7.72. The lowest BCUT2D eigenvalue weighted by molar-refractivity contribution is -0.150. The van der Waals surface area contributed by atoms with Crippen LogP contribution in [-0.2, 0) is 62.4 Å². The molecule has 4 rings (SSSR count). The molecule has 1 aliphatic rings. The van der Waals surface area contributed by atoms with E-state index in [1.165, 1.54) is 39.9 Å². The van der Waals surface area contributed by atoms with Gasteiger partial charge in [0.15, 0.2) is 6.04 Å². The van der Waals surface area contributed by atoms with E-state index in [2.05, 4.69) is 37.2 Å². The highest BCUT2D eigenvalue weighted by Crippen LogP contribution is 2.20. The van der Waals surface area contributed by atoms with Crippen LogP contribution in [0.25, 0.3) is 0 Å². The maximum Gasteiger partial charge on any atom is 0.324 e. The zero-order valence-corrected chi connectivity index (χ0v) is 53.1. The number of nitrogens with zero attached hydrogens (tertiary/aromatic N) is 4. The summed E-state index contributed by atoms with van der Waals surface area (Å²) < 4.78 is 0. The van der Waals surface area contributed by atoms with E-state index in [-0.39, 0.29) is 49.9 Å². The van der Waals surface area contributed by atoms with Crippen LogP contribution in [0.15, 0.2) is 91.0 Å². The molecule has 22 nitrogen and oxygen atoms in total. The fraction of sp³-hybridized carbons (Fsp3) is 0.569. The average molecular weight is 1210 g/mol. The number of hydrogen-bond donors (Lipinski definition) is 8. The van der Waals surface area contributed by atoms with Crippen LogP contribution in [0.2, 0.25) is 0 Å². The molecule has 11 amide bonds. The van der Waals surface area contributed by atoms with Gasteiger partial charge in [0.1, 0.15) is 24.2 Å². The molecule has 0 spiro atoms. The fourth-order valence-corrected chi connectivity index (χ4v) is 10.4. The normalized spacial score (nSPS) is 15.5. The number of rotatable bonds is 32. The van der Waals surface area contributed by atoms with E-state index in [4.69, 9.17) is 0 Å². The molecule has 1 fully saturated rings. The zero-order chi connectivity index (χ0) is 64.5. The molecule has 0 unspecified atom stereocenters. The largest absolute Gasteiger partial charge is 0.391 e. The Bertz CT molecular complexity index is 2730. The lowest BCUT2D eigenvalue weighted by Crippen LogP contribution is -2.63. The van der Waals surface area contributed by atoms with Crippen molar-refractivity contribution in [1.82, 2.24) is 56.8 Å². The molecule has 1 aliphatic heterocycles. The van der Waals surface area contributed by atoms with Crippen molar-refractivity contribution in [3.63, 3.8) is 0 Å². The van der Waals surface area contributed by atoms with Gasteiger partial charge in [-0.05, 0) is 93.9 Å². The first-order valence-corrected chi connectivity index (χ1v) is 30.6. The summed E-state index contributed by atoms with van der Waals surface area (Å²) in [6.45, 7) is 15.2. The third-order valence-corrected chi connectivity index (χ3v) is 15.7. The Labute approximate surface area is 514 Å². The number of piperidine rings is 1. The molecule has 22 heteroatoms. The number of urea groups is 1. The number of carbonyl (C=O) groups excluding carboxylic acids is 10. The molecule has 0 aliphatic carbocycles. The van der Waals surface area contributed by atoms with E-state index < -0.39 is 114 Å². The zero-order valence-electron chi connectivity index (χ0n) is 53.1. The Morgan fingerprint density at radius 2 is 1.07 bits per heavy atom. The summed E-state index contributed by atoms with van der Waals surface area (Å²) in [6.07, 6.45) is 1.42. The fourth-order valence-electron chi connectivity index (χ4n) is 10.4. The third kappa shape index (κ3) is 23.5. The minimum atomic E-state index is -1.85. The van der Waals surface area contributed by atoms with Gasteiger partial charge in [0, 0.05) is 72.4 Å². The summed E-state index contributed by atoms with van der Waals surface area (Å²) in [4.78, 5) is 147. The lowest BCUT2D eigenvalue weighted by atomic mass is 9.97. The first-order valence-electron chi connectivity index (χ1n) is 30.6. The number of hydrogen-bond acceptors (Lipinski definition) is 12. The van der Waals surface area contributed by atoms with Crippen LogP contribution in [0.3, 0.4) is 0 Å². The van der Waals surface area contributed by atoms with E-state index >= 15 is 4.79 Å². The smallest absolute Gasteiger partial charge is 0.324 e. The van der Waals surface area contributed by atoms with Crippen LogP contribution < -0.4 is 37.2 Å². The van der Waals surface area contributed by atoms with Gasteiger partial charge in [0.05, 0.1) is 18.3 Å². The van der Waals surface area contributed by atoms with Crippen molar-refractivity contribution in [3.8, 4) is 0 Å². The van der Waals surface area contributed by atoms with Crippen LogP contribution in [0, 0.1) is 17.8 Å². The predicted octanol–water partition coefficient (Wildman–Crippen LogP) is 3.84. The SMILES string of the molecule is CNC(=O)[C@@H](NC(=O)C[C@H](CC(C)C)NC(=O)[C@H](CC(C)C)N(C)[C@H](Cc1ccccc1)NC(=O)[C@H](Cc1ccccc1)NC(=O)[C@@H](C)N(C)C(=O)[C@H](NC(=O)[C@H](Cc1ccccc1)N(C)C(=O)NC(=O)CCC(C)C)C(=O)N1CCCCC1)[C@@H](C)O. The van der Waals surface area contributed by atoms with Crippen LogP contribution in [-0.4, -0.2) is 180 Å². The highest BCUT2D eigenvalue weighted by molar-refractivity contribution is 6.09. The lowest BCUT2D eigenvalue weighted by Gasteiger charge is -2.37. The predicted molar refractivity (Wildman–Crippen MR) is 333 cm³/mol. The topological polar surface area (TPSA) is 288 Å². The number of imide groups is 1. The van der Waals surface area contributed by atoms with Gasteiger partial charge in [-0.25, -0.2) is 4.79 Å². The second kappa shape index (κ2) is 35.8. The first-order chi connectivity index (χ1) is 41.2. The maximum absolute atomic E-state index is 15.1. The standard InChI is InChI=1S/C65H97N11O11/c1-41(2)31-32-54(78)71-65(87)75(12)52(38-47-27-19-14-20-28-47)61(83)72-57(64(86)76-33-23-16-24-34-76)63(85)73(10)44(7)58(80)68-50(37-46-25-17-13-18-26-46)59(81)69-53(39-48-29-21-15-22-30-48)74(11)51(36-43(5)6)60(82)67-49(35-42(3)4)40-55(79)70-56(45(8)77)62(84)66-9/h13-15,17-22,25-30,41-45,49-53,56-57,77H,16,23-24,31-40H2,1-12H3,(H,66,84)(H,67,82)(H,68,80)(H,69,81)(H,70,79)(H,72,83)(H,71,78,87)/t44-,45-,49+,50+,51+,52+,53-,56+,57+/m1/s1. The van der Waals surface area contributed by atoms with Crippen LogP contribution in [0.5, 0.6) is 0 Å². The number of aliphatic hydroxyl groups is 1. The van der Waals surface area contributed by atoms with Gasteiger partial charge in [-0.3, -0.25) is 53.4 Å². The third-order valence-electron chi connectivity index (χ3n) is 15.7. The van der Waals surface area contributed by atoms with Gasteiger partial charge in [-0.2, -0.15) is 0 Å². The van der Waals surface area contributed by atoms with Gasteiger partial charge in [-0.1, -0.05) is 133 Å². The van der Waals surface area contributed by atoms with Gasteiger partial charge < -0.3 is 51.7 Å². The van der Waals surface area contributed by atoms with Crippen molar-refractivity contribution < 1.29 is 53.1 Å². The summed E-state index contributed by atoms with van der Waals surface area (Å²) in [7, 11) is 5.80. The number of aliphatic hydroxyl groups excluding tert-OH is 1. The maximum atomic E-state index is 15.1. The summed E-state index contributed by atoms with van der Waals surface area (Å²) in [5.41, 5.74) is 2.17. The number of carbonyl (C=O) groups is 10. The molecule has 8 N–H and O–H groups in total. The Kier molecular flexibility index (Phi) is 29.5. The highest BCUT2D eigenvalue weighted by Gasteiger charge is 2.41. The number of likely N-dealkylation sites (N-methyl/N-ethyl adjacent to an activating group) is 4. The van der Waals surface area contributed by atoms with Crippen LogP contribution in [0.1, 0.15) is 123 Å². The number of amides is 11. The molecule has 87 heavy (non-hydrogen) atoms. The summed E-state index contributed by atoms with van der Waals surface area (Å²) in [6, 6.07) is 17.8. The first kappa shape index (κ1) is 71.8. The van der Waals surface area contributed by atoms with Gasteiger partial charge >= 0.3 is 6.03 Å². The number of nitrogens with one attached hydrogen (secondary N) is 7. The molecule has 0 bridgehead atoms. The van der Waals surface area contributed by atoms with E-state index in [1.807, 2.05) is 77.9 Å².